The minimum absolute atomic E-state index is 0.138. The molecule has 3 nitrogen and oxygen atoms in total. The molecule has 0 spiro atoms. The fourth-order valence-electron chi connectivity index (χ4n) is 2.59. The van der Waals surface area contributed by atoms with E-state index < -0.39 is 0 Å². The minimum atomic E-state index is 0.138. The van der Waals surface area contributed by atoms with Gasteiger partial charge in [0.25, 0.3) is 5.91 Å². The van der Waals surface area contributed by atoms with Gasteiger partial charge in [-0.25, -0.2) is 0 Å². The van der Waals surface area contributed by atoms with Crippen LogP contribution >= 0.6 is 11.6 Å². The number of likely N-dealkylation sites (tertiary alicyclic amines) is 1. The number of amides is 1. The van der Waals surface area contributed by atoms with Gasteiger partial charge in [-0.15, -0.1) is 0 Å². The standard InChI is InChI=1S/C15H21ClN2O/c1-12-4-2-3-9-18(12)11-15(19)17-10-13-5-7-14(16)8-6-13/h5-8,12H,2-4,9-11H2,1H3,(H,17,19)/p+1/t12-/m1/s1. The highest BCUT2D eigenvalue weighted by Crippen LogP contribution is 2.09. The SMILES string of the molecule is C[C@@H]1CCCC[NH+]1CC(=O)NCc1ccc(Cl)cc1. The molecule has 1 heterocycles. The quantitative estimate of drug-likeness (QED) is 0.860. The number of hydrogen-bond donors (Lipinski definition) is 2. The van der Waals surface area contributed by atoms with Crippen molar-refractivity contribution in [2.24, 2.45) is 0 Å². The zero-order chi connectivity index (χ0) is 13.7. The van der Waals surface area contributed by atoms with E-state index in [9.17, 15) is 4.79 Å². The predicted octanol–water partition coefficient (Wildman–Crippen LogP) is 1.41. The molecule has 4 heteroatoms. The first kappa shape index (κ1) is 14.4. The van der Waals surface area contributed by atoms with E-state index in [1.807, 2.05) is 24.3 Å². The number of halogens is 1. The third-order valence-corrected chi connectivity index (χ3v) is 4.12. The Morgan fingerprint density at radius 1 is 1.37 bits per heavy atom. The van der Waals surface area contributed by atoms with Crippen LogP contribution in [0.3, 0.4) is 0 Å². The molecule has 1 aromatic carbocycles. The summed E-state index contributed by atoms with van der Waals surface area (Å²) < 4.78 is 0. The van der Waals surface area contributed by atoms with E-state index in [0.29, 0.717) is 19.1 Å². The monoisotopic (exact) mass is 281 g/mol. The first-order chi connectivity index (χ1) is 9.15. The van der Waals surface area contributed by atoms with Crippen molar-refractivity contribution in [2.75, 3.05) is 13.1 Å². The van der Waals surface area contributed by atoms with Gasteiger partial charge in [-0.1, -0.05) is 23.7 Å². The second kappa shape index (κ2) is 6.92. The van der Waals surface area contributed by atoms with Crippen LogP contribution in [0.15, 0.2) is 24.3 Å². The first-order valence-electron chi connectivity index (χ1n) is 7.01. The Bertz CT molecular complexity index is 419. The highest BCUT2D eigenvalue weighted by atomic mass is 35.5. The number of hydrogen-bond acceptors (Lipinski definition) is 1. The summed E-state index contributed by atoms with van der Waals surface area (Å²) in [6.07, 6.45) is 3.78. The number of carbonyl (C=O) groups is 1. The van der Waals surface area contributed by atoms with Crippen molar-refractivity contribution in [3.8, 4) is 0 Å². The molecule has 1 fully saturated rings. The van der Waals surface area contributed by atoms with Crippen LogP contribution in [0.2, 0.25) is 5.02 Å². The van der Waals surface area contributed by atoms with Crippen LogP contribution in [0.1, 0.15) is 31.7 Å². The Labute approximate surface area is 119 Å². The maximum Gasteiger partial charge on any atom is 0.275 e. The summed E-state index contributed by atoms with van der Waals surface area (Å²) in [4.78, 5) is 13.4. The van der Waals surface area contributed by atoms with Crippen LogP contribution in [0.25, 0.3) is 0 Å². The van der Waals surface area contributed by atoms with Gasteiger partial charge in [0.05, 0.1) is 12.6 Å². The average Bonchev–Trinajstić information content (AvgIpc) is 2.41. The van der Waals surface area contributed by atoms with Crippen molar-refractivity contribution in [2.45, 2.75) is 38.8 Å². The number of carbonyl (C=O) groups excluding carboxylic acids is 1. The largest absolute Gasteiger partial charge is 0.347 e. The number of nitrogens with one attached hydrogen (secondary N) is 2. The molecule has 1 aromatic rings. The minimum Gasteiger partial charge on any atom is -0.347 e. The second-order valence-electron chi connectivity index (χ2n) is 5.39. The lowest BCUT2D eigenvalue weighted by Gasteiger charge is -2.29. The van der Waals surface area contributed by atoms with Gasteiger partial charge in [-0.3, -0.25) is 4.79 Å². The van der Waals surface area contributed by atoms with Gasteiger partial charge in [0.15, 0.2) is 6.54 Å². The van der Waals surface area contributed by atoms with Crippen molar-refractivity contribution in [3.63, 3.8) is 0 Å². The van der Waals surface area contributed by atoms with E-state index in [2.05, 4.69) is 12.2 Å². The molecule has 104 valence electrons. The number of piperidine rings is 1. The smallest absolute Gasteiger partial charge is 0.275 e. The van der Waals surface area contributed by atoms with E-state index in [1.165, 1.54) is 24.2 Å². The van der Waals surface area contributed by atoms with Crippen LogP contribution < -0.4 is 10.2 Å². The van der Waals surface area contributed by atoms with Crippen LogP contribution in [-0.4, -0.2) is 25.0 Å². The summed E-state index contributed by atoms with van der Waals surface area (Å²) in [5.74, 6) is 0.138. The van der Waals surface area contributed by atoms with Crippen LogP contribution in [0.4, 0.5) is 0 Å². The molecule has 2 atom stereocenters. The van der Waals surface area contributed by atoms with Gasteiger partial charge in [-0.05, 0) is 43.9 Å². The van der Waals surface area contributed by atoms with E-state index in [0.717, 1.165) is 17.1 Å². The molecule has 0 bridgehead atoms. The normalized spacial score (nSPS) is 23.1. The Hall–Kier alpha value is -1.06. The molecule has 1 saturated heterocycles. The van der Waals surface area contributed by atoms with Gasteiger partial charge >= 0.3 is 0 Å². The summed E-state index contributed by atoms with van der Waals surface area (Å²) >= 11 is 5.83. The molecule has 1 aliphatic heterocycles. The number of quaternary nitrogens is 1. The molecule has 2 N–H and O–H groups in total. The zero-order valence-corrected chi connectivity index (χ0v) is 12.2. The Morgan fingerprint density at radius 3 is 2.79 bits per heavy atom. The lowest BCUT2D eigenvalue weighted by Crippen LogP contribution is -3.17. The van der Waals surface area contributed by atoms with E-state index in [1.54, 1.807) is 0 Å². The molecule has 0 radical (unpaired) electrons. The van der Waals surface area contributed by atoms with Crippen molar-refractivity contribution in [1.82, 2.24) is 5.32 Å². The van der Waals surface area contributed by atoms with Gasteiger partial charge in [0.2, 0.25) is 0 Å². The maximum atomic E-state index is 11.9. The van der Waals surface area contributed by atoms with Gasteiger partial charge in [0.1, 0.15) is 0 Å². The predicted molar refractivity (Wildman–Crippen MR) is 77.3 cm³/mol. The lowest BCUT2D eigenvalue weighted by molar-refractivity contribution is -0.921. The molecule has 1 amide bonds. The molecular formula is C15H22ClN2O+. The van der Waals surface area contributed by atoms with Crippen molar-refractivity contribution < 1.29 is 9.69 Å². The van der Waals surface area contributed by atoms with Crippen molar-refractivity contribution >= 4 is 17.5 Å². The third kappa shape index (κ3) is 4.51. The summed E-state index contributed by atoms with van der Waals surface area (Å²) in [5, 5.41) is 3.71. The zero-order valence-electron chi connectivity index (χ0n) is 11.4. The molecule has 2 rings (SSSR count). The topological polar surface area (TPSA) is 33.5 Å². The summed E-state index contributed by atoms with van der Waals surface area (Å²) in [7, 11) is 0. The van der Waals surface area contributed by atoms with Gasteiger partial charge < -0.3 is 10.2 Å². The van der Waals surface area contributed by atoms with Crippen LogP contribution in [0, 0.1) is 0 Å². The maximum absolute atomic E-state index is 11.9. The van der Waals surface area contributed by atoms with Crippen LogP contribution in [0.5, 0.6) is 0 Å². The van der Waals surface area contributed by atoms with Crippen molar-refractivity contribution in [3.05, 3.63) is 34.9 Å². The Kier molecular flexibility index (Phi) is 5.23. The van der Waals surface area contributed by atoms with E-state index in [4.69, 9.17) is 11.6 Å². The molecule has 19 heavy (non-hydrogen) atoms. The number of rotatable bonds is 4. The molecule has 1 aliphatic rings. The van der Waals surface area contributed by atoms with Crippen LogP contribution in [-0.2, 0) is 11.3 Å². The van der Waals surface area contributed by atoms with Gasteiger partial charge in [-0.2, -0.15) is 0 Å². The third-order valence-electron chi connectivity index (χ3n) is 3.87. The molecular weight excluding hydrogens is 260 g/mol. The lowest BCUT2D eigenvalue weighted by atomic mass is 10.0. The molecule has 0 aromatic heterocycles. The fraction of sp³-hybridized carbons (Fsp3) is 0.533. The summed E-state index contributed by atoms with van der Waals surface area (Å²) in [6.45, 7) is 4.53. The average molecular weight is 282 g/mol. The number of benzene rings is 1. The summed E-state index contributed by atoms with van der Waals surface area (Å²) in [5.41, 5.74) is 1.08. The van der Waals surface area contributed by atoms with Crippen molar-refractivity contribution in [1.29, 1.82) is 0 Å². The molecule has 1 unspecified atom stereocenters. The molecule has 0 saturated carbocycles. The first-order valence-corrected chi connectivity index (χ1v) is 7.38. The fourth-order valence-corrected chi connectivity index (χ4v) is 2.71. The Morgan fingerprint density at radius 2 is 2.11 bits per heavy atom. The highest BCUT2D eigenvalue weighted by molar-refractivity contribution is 6.30. The van der Waals surface area contributed by atoms with E-state index >= 15 is 0 Å². The highest BCUT2D eigenvalue weighted by Gasteiger charge is 2.23. The second-order valence-corrected chi connectivity index (χ2v) is 5.82. The molecule has 0 aliphatic carbocycles. The van der Waals surface area contributed by atoms with Gasteiger partial charge in [0, 0.05) is 11.6 Å². The van der Waals surface area contributed by atoms with E-state index in [-0.39, 0.29) is 5.91 Å². The summed E-state index contributed by atoms with van der Waals surface area (Å²) in [6, 6.07) is 8.19. The Balaban J connectivity index is 1.76.